The first-order chi connectivity index (χ1) is 12.7. The number of halogens is 1. The monoisotopic (exact) mass is 392 g/mol. The molecule has 27 heavy (non-hydrogen) atoms. The van der Waals surface area contributed by atoms with E-state index in [0.717, 1.165) is 22.5 Å². The summed E-state index contributed by atoms with van der Waals surface area (Å²) in [5.41, 5.74) is 1.02. The molecule has 0 saturated heterocycles. The SMILES string of the molecule is C[C@H](C(=O)N[C@@H](C)CCc1ccccc1)N(c1ccccc1F)S(C)(=O)=O. The summed E-state index contributed by atoms with van der Waals surface area (Å²) in [5.74, 6) is -1.16. The zero-order chi connectivity index (χ0) is 20.0. The van der Waals surface area contributed by atoms with Crippen LogP contribution in [0, 0.1) is 5.82 Å². The van der Waals surface area contributed by atoms with Gasteiger partial charge in [0.15, 0.2) is 0 Å². The molecule has 0 heterocycles. The van der Waals surface area contributed by atoms with Gasteiger partial charge in [0.2, 0.25) is 15.9 Å². The van der Waals surface area contributed by atoms with E-state index in [1.165, 1.54) is 31.2 Å². The number of rotatable bonds is 8. The van der Waals surface area contributed by atoms with Gasteiger partial charge in [-0.25, -0.2) is 12.8 Å². The first kappa shape index (κ1) is 20.9. The van der Waals surface area contributed by atoms with Gasteiger partial charge in [-0.3, -0.25) is 9.10 Å². The Morgan fingerprint density at radius 3 is 2.26 bits per heavy atom. The third-order valence-electron chi connectivity index (χ3n) is 4.28. The molecule has 0 aliphatic carbocycles. The van der Waals surface area contributed by atoms with Crippen molar-refractivity contribution in [2.24, 2.45) is 0 Å². The van der Waals surface area contributed by atoms with Gasteiger partial charge in [-0.1, -0.05) is 42.5 Å². The lowest BCUT2D eigenvalue weighted by Gasteiger charge is -2.29. The molecule has 5 nitrogen and oxygen atoms in total. The minimum absolute atomic E-state index is 0.139. The Hall–Kier alpha value is -2.41. The van der Waals surface area contributed by atoms with E-state index in [1.807, 2.05) is 37.3 Å². The Balaban J connectivity index is 2.07. The largest absolute Gasteiger partial charge is 0.352 e. The average Bonchev–Trinajstić information content (AvgIpc) is 2.61. The summed E-state index contributed by atoms with van der Waals surface area (Å²) in [6.45, 7) is 3.31. The zero-order valence-corrected chi connectivity index (χ0v) is 16.5. The minimum Gasteiger partial charge on any atom is -0.352 e. The topological polar surface area (TPSA) is 66.5 Å². The maximum Gasteiger partial charge on any atom is 0.243 e. The average molecular weight is 392 g/mol. The fourth-order valence-electron chi connectivity index (χ4n) is 2.87. The number of aryl methyl sites for hydroxylation is 1. The number of carbonyl (C=O) groups excluding carboxylic acids is 1. The molecule has 7 heteroatoms. The van der Waals surface area contributed by atoms with E-state index in [2.05, 4.69) is 5.32 Å². The normalized spacial score (nSPS) is 13.6. The molecular formula is C20H25FN2O3S. The van der Waals surface area contributed by atoms with Gasteiger partial charge in [-0.15, -0.1) is 0 Å². The molecule has 0 spiro atoms. The van der Waals surface area contributed by atoms with Crippen LogP contribution < -0.4 is 9.62 Å². The Morgan fingerprint density at radius 1 is 1.07 bits per heavy atom. The van der Waals surface area contributed by atoms with E-state index in [1.54, 1.807) is 0 Å². The van der Waals surface area contributed by atoms with Crippen molar-refractivity contribution in [3.8, 4) is 0 Å². The Labute approximate surface area is 160 Å². The molecule has 2 aromatic carbocycles. The molecular weight excluding hydrogens is 367 g/mol. The van der Waals surface area contributed by atoms with Crippen molar-refractivity contribution >= 4 is 21.6 Å². The highest BCUT2D eigenvalue weighted by atomic mass is 32.2. The molecule has 146 valence electrons. The molecule has 0 aliphatic heterocycles. The Bertz CT molecular complexity index is 872. The van der Waals surface area contributed by atoms with Crippen molar-refractivity contribution in [3.05, 3.63) is 66.0 Å². The van der Waals surface area contributed by atoms with Crippen LogP contribution in [0.3, 0.4) is 0 Å². The summed E-state index contributed by atoms with van der Waals surface area (Å²) in [5, 5.41) is 2.82. The summed E-state index contributed by atoms with van der Waals surface area (Å²) in [4.78, 5) is 12.6. The lowest BCUT2D eigenvalue weighted by molar-refractivity contribution is -0.122. The van der Waals surface area contributed by atoms with Crippen LogP contribution in [-0.4, -0.2) is 32.7 Å². The predicted molar refractivity (Wildman–Crippen MR) is 106 cm³/mol. The number of sulfonamides is 1. The van der Waals surface area contributed by atoms with Gasteiger partial charge in [0.05, 0.1) is 11.9 Å². The highest BCUT2D eigenvalue weighted by Gasteiger charge is 2.31. The van der Waals surface area contributed by atoms with Gasteiger partial charge < -0.3 is 5.32 Å². The zero-order valence-electron chi connectivity index (χ0n) is 15.7. The maximum absolute atomic E-state index is 14.1. The second-order valence-corrected chi connectivity index (χ2v) is 8.48. The van der Waals surface area contributed by atoms with E-state index in [0.29, 0.717) is 6.42 Å². The van der Waals surface area contributed by atoms with Gasteiger partial charge in [-0.05, 0) is 44.4 Å². The Kier molecular flexibility index (Phi) is 6.96. The van der Waals surface area contributed by atoms with Crippen LogP contribution in [0.25, 0.3) is 0 Å². The van der Waals surface area contributed by atoms with E-state index in [4.69, 9.17) is 0 Å². The predicted octanol–water partition coefficient (Wildman–Crippen LogP) is 3.12. The molecule has 2 atom stereocenters. The first-order valence-electron chi connectivity index (χ1n) is 8.78. The third-order valence-corrected chi connectivity index (χ3v) is 5.50. The van der Waals surface area contributed by atoms with Crippen molar-refractivity contribution in [2.75, 3.05) is 10.6 Å². The number of para-hydroxylation sites is 1. The van der Waals surface area contributed by atoms with Crippen molar-refractivity contribution < 1.29 is 17.6 Å². The second kappa shape index (κ2) is 8.99. The number of benzene rings is 2. The molecule has 0 saturated carbocycles. The lowest BCUT2D eigenvalue weighted by atomic mass is 10.1. The van der Waals surface area contributed by atoms with Crippen LogP contribution in [0.2, 0.25) is 0 Å². The van der Waals surface area contributed by atoms with Crippen LogP contribution in [0.5, 0.6) is 0 Å². The third kappa shape index (κ3) is 5.79. The van der Waals surface area contributed by atoms with Crippen LogP contribution in [-0.2, 0) is 21.2 Å². The summed E-state index contributed by atoms with van der Waals surface area (Å²) in [6, 6.07) is 14.2. The molecule has 0 radical (unpaired) electrons. The van der Waals surface area contributed by atoms with Crippen molar-refractivity contribution in [1.29, 1.82) is 0 Å². The molecule has 0 aliphatic rings. The maximum atomic E-state index is 14.1. The standard InChI is InChI=1S/C20H25FN2O3S/c1-15(13-14-17-9-5-4-6-10-17)22-20(24)16(2)23(27(3,25)26)19-12-8-7-11-18(19)21/h4-12,15-16H,13-14H2,1-3H3,(H,22,24)/t15-,16+/m0/s1. The number of nitrogens with zero attached hydrogens (tertiary/aromatic N) is 1. The summed E-state index contributed by atoms with van der Waals surface area (Å²) >= 11 is 0. The quantitative estimate of drug-likeness (QED) is 0.751. The lowest BCUT2D eigenvalue weighted by Crippen LogP contribution is -2.50. The number of hydrogen-bond donors (Lipinski definition) is 1. The fraction of sp³-hybridized carbons (Fsp3) is 0.350. The number of amides is 1. The van der Waals surface area contributed by atoms with Crippen LogP contribution in [0.4, 0.5) is 10.1 Å². The number of anilines is 1. The molecule has 0 aromatic heterocycles. The van der Waals surface area contributed by atoms with E-state index >= 15 is 0 Å². The number of carbonyl (C=O) groups is 1. The summed E-state index contributed by atoms with van der Waals surface area (Å²) < 4.78 is 39.4. The van der Waals surface area contributed by atoms with Crippen LogP contribution >= 0.6 is 0 Å². The molecule has 1 amide bonds. The minimum atomic E-state index is -3.84. The van der Waals surface area contributed by atoms with E-state index in [9.17, 15) is 17.6 Å². The molecule has 2 aromatic rings. The van der Waals surface area contributed by atoms with Crippen molar-refractivity contribution in [3.63, 3.8) is 0 Å². The van der Waals surface area contributed by atoms with Gasteiger partial charge in [0.1, 0.15) is 11.9 Å². The number of nitrogens with one attached hydrogen (secondary N) is 1. The van der Waals surface area contributed by atoms with Gasteiger partial charge >= 0.3 is 0 Å². The van der Waals surface area contributed by atoms with Crippen molar-refractivity contribution in [1.82, 2.24) is 5.32 Å². The summed E-state index contributed by atoms with van der Waals surface area (Å²) in [7, 11) is -3.84. The summed E-state index contributed by atoms with van der Waals surface area (Å²) in [6.07, 6.45) is 2.46. The molecule has 0 fully saturated rings. The highest BCUT2D eigenvalue weighted by molar-refractivity contribution is 7.92. The molecule has 0 bridgehead atoms. The molecule has 2 rings (SSSR count). The molecule has 1 N–H and O–H groups in total. The van der Waals surface area contributed by atoms with Crippen LogP contribution in [0.1, 0.15) is 25.8 Å². The van der Waals surface area contributed by atoms with E-state index in [-0.39, 0.29) is 11.7 Å². The van der Waals surface area contributed by atoms with Crippen molar-refractivity contribution in [2.45, 2.75) is 38.8 Å². The Morgan fingerprint density at radius 2 is 1.67 bits per heavy atom. The van der Waals surface area contributed by atoms with Gasteiger partial charge in [0.25, 0.3) is 0 Å². The highest BCUT2D eigenvalue weighted by Crippen LogP contribution is 2.24. The van der Waals surface area contributed by atoms with Gasteiger partial charge in [-0.2, -0.15) is 0 Å². The van der Waals surface area contributed by atoms with Crippen LogP contribution in [0.15, 0.2) is 54.6 Å². The fourth-order valence-corrected chi connectivity index (χ4v) is 4.05. The second-order valence-electron chi connectivity index (χ2n) is 6.62. The van der Waals surface area contributed by atoms with Gasteiger partial charge in [0, 0.05) is 6.04 Å². The number of hydrogen-bond acceptors (Lipinski definition) is 3. The first-order valence-corrected chi connectivity index (χ1v) is 10.6. The van der Waals surface area contributed by atoms with E-state index < -0.39 is 27.8 Å². The smallest absolute Gasteiger partial charge is 0.243 e. The molecule has 0 unspecified atom stereocenters.